The molecule has 3 heteroatoms. The molecule has 1 atom stereocenters. The summed E-state index contributed by atoms with van der Waals surface area (Å²) in [5.74, 6) is 0. The van der Waals surface area contributed by atoms with Crippen LogP contribution >= 0.6 is 15.9 Å². The van der Waals surface area contributed by atoms with E-state index in [9.17, 15) is 0 Å². The van der Waals surface area contributed by atoms with Crippen LogP contribution in [0.15, 0.2) is 22.8 Å². The summed E-state index contributed by atoms with van der Waals surface area (Å²) in [5.41, 5.74) is 1.49. The lowest BCUT2D eigenvalue weighted by molar-refractivity contribution is 0.280. The minimum Gasteiger partial charge on any atom is -0.319 e. The molecule has 0 aliphatic rings. The Labute approximate surface area is 107 Å². The number of nitrogens with zero attached hydrogens (tertiary/aromatic N) is 1. The fourth-order valence-electron chi connectivity index (χ4n) is 2.22. The second-order valence-electron chi connectivity index (χ2n) is 4.74. The summed E-state index contributed by atoms with van der Waals surface area (Å²) < 4.78 is 1.04. The van der Waals surface area contributed by atoms with Gasteiger partial charge in [0.1, 0.15) is 0 Å². The molecule has 0 fully saturated rings. The number of hydrogen-bond donors (Lipinski definition) is 1. The summed E-state index contributed by atoms with van der Waals surface area (Å²) in [6.45, 7) is 5.61. The molecule has 0 aliphatic heterocycles. The first-order valence-corrected chi connectivity index (χ1v) is 6.64. The van der Waals surface area contributed by atoms with Gasteiger partial charge in [-0.25, -0.2) is 0 Å². The smallest absolute Gasteiger partial charge is 0.0413 e. The highest BCUT2D eigenvalue weighted by Crippen LogP contribution is 2.27. The fourth-order valence-corrected chi connectivity index (χ4v) is 2.45. The molecule has 1 unspecified atom stereocenters. The maximum absolute atomic E-state index is 4.45. The molecule has 0 amide bonds. The molecule has 90 valence electrons. The van der Waals surface area contributed by atoms with Crippen LogP contribution in [-0.4, -0.2) is 18.6 Å². The van der Waals surface area contributed by atoms with Crippen LogP contribution in [0.2, 0.25) is 0 Å². The highest BCUT2D eigenvalue weighted by atomic mass is 79.9. The van der Waals surface area contributed by atoms with Crippen LogP contribution in [0.5, 0.6) is 0 Å². The lowest BCUT2D eigenvalue weighted by atomic mass is 9.81. The normalized spacial score (nSPS) is 14.8. The van der Waals surface area contributed by atoms with E-state index in [1.165, 1.54) is 18.5 Å². The van der Waals surface area contributed by atoms with Crippen LogP contribution in [0.3, 0.4) is 0 Å². The third kappa shape index (κ3) is 4.22. The zero-order valence-electron chi connectivity index (χ0n) is 10.4. The van der Waals surface area contributed by atoms with Crippen molar-refractivity contribution in [3.8, 4) is 0 Å². The molecule has 0 saturated heterocycles. The molecular formula is C13H21BrN2. The lowest BCUT2D eigenvalue weighted by Gasteiger charge is -2.28. The Morgan fingerprint density at radius 1 is 1.44 bits per heavy atom. The predicted molar refractivity (Wildman–Crippen MR) is 72.6 cm³/mol. The Hall–Kier alpha value is -0.410. The Bertz CT molecular complexity index is 302. The molecule has 0 radical (unpaired) electrons. The van der Waals surface area contributed by atoms with Crippen molar-refractivity contribution in [3.05, 3.63) is 28.5 Å². The van der Waals surface area contributed by atoms with Gasteiger partial charge in [0.15, 0.2) is 0 Å². The van der Waals surface area contributed by atoms with E-state index in [2.05, 4.69) is 52.2 Å². The second kappa shape index (κ2) is 6.36. The van der Waals surface area contributed by atoms with Crippen LogP contribution < -0.4 is 5.32 Å². The Morgan fingerprint density at radius 2 is 2.19 bits per heavy atom. The monoisotopic (exact) mass is 284 g/mol. The average molecular weight is 285 g/mol. The second-order valence-corrected chi connectivity index (χ2v) is 5.65. The van der Waals surface area contributed by atoms with Gasteiger partial charge in [0.05, 0.1) is 0 Å². The highest BCUT2D eigenvalue weighted by molar-refractivity contribution is 9.10. The summed E-state index contributed by atoms with van der Waals surface area (Å²) in [6.07, 6.45) is 5.36. The SMILES string of the molecule is CCCC(C)(CNC)Cc1ccc(Br)cn1. The molecule has 2 nitrogen and oxygen atoms in total. The van der Waals surface area contributed by atoms with E-state index < -0.39 is 0 Å². The van der Waals surface area contributed by atoms with E-state index in [1.54, 1.807) is 0 Å². The van der Waals surface area contributed by atoms with E-state index in [1.807, 2.05) is 13.2 Å². The summed E-state index contributed by atoms with van der Waals surface area (Å²) in [6, 6.07) is 4.17. The Morgan fingerprint density at radius 3 is 2.69 bits per heavy atom. The topological polar surface area (TPSA) is 24.9 Å². The Kier molecular flexibility index (Phi) is 5.42. The van der Waals surface area contributed by atoms with Gasteiger partial charge in [-0.05, 0) is 53.4 Å². The minimum absolute atomic E-state index is 0.310. The largest absolute Gasteiger partial charge is 0.319 e. The molecule has 0 bridgehead atoms. The Balaban J connectivity index is 2.70. The first-order chi connectivity index (χ1) is 7.59. The van der Waals surface area contributed by atoms with Crippen molar-refractivity contribution >= 4 is 15.9 Å². The summed E-state index contributed by atoms with van der Waals surface area (Å²) >= 11 is 3.41. The van der Waals surface area contributed by atoms with Crippen molar-refractivity contribution in [2.45, 2.75) is 33.1 Å². The summed E-state index contributed by atoms with van der Waals surface area (Å²) in [4.78, 5) is 4.45. The van der Waals surface area contributed by atoms with Crippen molar-refractivity contribution in [3.63, 3.8) is 0 Å². The number of aromatic nitrogens is 1. The molecule has 1 heterocycles. The fraction of sp³-hybridized carbons (Fsp3) is 0.615. The number of nitrogens with one attached hydrogen (secondary N) is 1. The van der Waals surface area contributed by atoms with Gasteiger partial charge in [0.25, 0.3) is 0 Å². The molecule has 0 aromatic carbocycles. The van der Waals surface area contributed by atoms with Gasteiger partial charge >= 0.3 is 0 Å². The molecule has 16 heavy (non-hydrogen) atoms. The van der Waals surface area contributed by atoms with Crippen LogP contribution in [0.1, 0.15) is 32.4 Å². The quantitative estimate of drug-likeness (QED) is 0.866. The highest BCUT2D eigenvalue weighted by Gasteiger charge is 2.23. The molecular weight excluding hydrogens is 264 g/mol. The number of hydrogen-bond acceptors (Lipinski definition) is 2. The van der Waals surface area contributed by atoms with Crippen LogP contribution in [0, 0.1) is 5.41 Å². The predicted octanol–water partition coefficient (Wildman–Crippen LogP) is 3.41. The first-order valence-electron chi connectivity index (χ1n) is 5.85. The van der Waals surface area contributed by atoms with Crippen LogP contribution in [0.4, 0.5) is 0 Å². The van der Waals surface area contributed by atoms with E-state index in [-0.39, 0.29) is 0 Å². The van der Waals surface area contributed by atoms with E-state index >= 15 is 0 Å². The molecule has 1 rings (SSSR count). The molecule has 0 spiro atoms. The van der Waals surface area contributed by atoms with E-state index in [0.717, 1.165) is 17.4 Å². The summed E-state index contributed by atoms with van der Waals surface area (Å²) in [5, 5.41) is 3.29. The molecule has 1 N–H and O–H groups in total. The minimum atomic E-state index is 0.310. The summed E-state index contributed by atoms with van der Waals surface area (Å²) in [7, 11) is 2.02. The number of pyridine rings is 1. The zero-order chi connectivity index (χ0) is 12.0. The van der Waals surface area contributed by atoms with E-state index in [4.69, 9.17) is 0 Å². The van der Waals surface area contributed by atoms with Gasteiger partial charge in [-0.15, -0.1) is 0 Å². The standard InChI is InChI=1S/C13H21BrN2/c1-4-7-13(2,10-15-3)8-12-6-5-11(14)9-16-12/h5-6,9,15H,4,7-8,10H2,1-3H3. The van der Waals surface area contributed by atoms with Gasteiger partial charge < -0.3 is 5.32 Å². The molecule has 0 aliphatic carbocycles. The molecule has 1 aromatic rings. The van der Waals surface area contributed by atoms with E-state index in [0.29, 0.717) is 5.41 Å². The molecule has 0 saturated carbocycles. The first kappa shape index (κ1) is 13.7. The maximum atomic E-state index is 4.45. The van der Waals surface area contributed by atoms with Gasteiger partial charge in [-0.3, -0.25) is 4.98 Å². The number of rotatable bonds is 6. The van der Waals surface area contributed by atoms with Crippen LogP contribution in [-0.2, 0) is 6.42 Å². The lowest BCUT2D eigenvalue weighted by Crippen LogP contribution is -2.32. The van der Waals surface area contributed by atoms with Gasteiger partial charge in [-0.1, -0.05) is 20.3 Å². The van der Waals surface area contributed by atoms with Crippen molar-refractivity contribution in [1.29, 1.82) is 0 Å². The number of halogens is 1. The maximum Gasteiger partial charge on any atom is 0.0413 e. The van der Waals surface area contributed by atoms with Crippen molar-refractivity contribution in [1.82, 2.24) is 10.3 Å². The van der Waals surface area contributed by atoms with Crippen LogP contribution in [0.25, 0.3) is 0 Å². The third-order valence-electron chi connectivity index (χ3n) is 2.85. The van der Waals surface area contributed by atoms with Gasteiger partial charge in [0, 0.05) is 22.9 Å². The van der Waals surface area contributed by atoms with Gasteiger partial charge in [0.2, 0.25) is 0 Å². The van der Waals surface area contributed by atoms with Crippen molar-refractivity contribution < 1.29 is 0 Å². The average Bonchev–Trinajstić information content (AvgIpc) is 2.22. The third-order valence-corrected chi connectivity index (χ3v) is 3.32. The zero-order valence-corrected chi connectivity index (χ0v) is 12.0. The van der Waals surface area contributed by atoms with Crippen molar-refractivity contribution in [2.24, 2.45) is 5.41 Å². The van der Waals surface area contributed by atoms with Gasteiger partial charge in [-0.2, -0.15) is 0 Å². The van der Waals surface area contributed by atoms with Crippen molar-refractivity contribution in [2.75, 3.05) is 13.6 Å². The molecule has 1 aromatic heterocycles.